The molecule has 7 nitrogen and oxygen atoms in total. The van der Waals surface area contributed by atoms with E-state index in [2.05, 4.69) is 4.90 Å². The Morgan fingerprint density at radius 3 is 2.43 bits per heavy atom. The van der Waals surface area contributed by atoms with Crippen molar-refractivity contribution in [2.24, 2.45) is 0 Å². The Hall–Kier alpha value is -2.16. The number of benzene rings is 1. The van der Waals surface area contributed by atoms with Crippen molar-refractivity contribution in [1.29, 1.82) is 0 Å². The van der Waals surface area contributed by atoms with E-state index in [0.717, 1.165) is 35.9 Å². The van der Waals surface area contributed by atoms with Crippen LogP contribution in [-0.4, -0.2) is 71.4 Å². The molecule has 2 aliphatic rings. The van der Waals surface area contributed by atoms with Gasteiger partial charge in [0.2, 0.25) is 5.91 Å². The Kier molecular flexibility index (Phi) is 5.74. The first kappa shape index (κ1) is 21.1. The second-order valence-electron chi connectivity index (χ2n) is 7.89. The molecule has 0 spiro atoms. The topological polar surface area (TPSA) is 75.5 Å². The Bertz CT molecular complexity index is 1080. The fraction of sp³-hybridized carbons (Fsp3) is 0.429. The summed E-state index contributed by atoms with van der Waals surface area (Å²) in [6, 6.07) is 7.54. The summed E-state index contributed by atoms with van der Waals surface area (Å²) >= 11 is 6.06. The second kappa shape index (κ2) is 8.17. The van der Waals surface area contributed by atoms with Gasteiger partial charge in [-0.1, -0.05) is 29.8 Å². The van der Waals surface area contributed by atoms with Gasteiger partial charge in [-0.2, -0.15) is 0 Å². The highest BCUT2D eigenvalue weighted by atomic mass is 35.5. The van der Waals surface area contributed by atoms with Crippen LogP contribution in [0, 0.1) is 0 Å². The average molecular weight is 449 g/mol. The fourth-order valence-electron chi connectivity index (χ4n) is 3.98. The minimum Gasteiger partial charge on any atom is -0.340 e. The smallest absolute Gasteiger partial charge is 0.219 e. The Morgan fingerprint density at radius 1 is 1.17 bits per heavy atom. The van der Waals surface area contributed by atoms with Crippen molar-refractivity contribution in [2.75, 3.05) is 32.4 Å². The zero-order valence-corrected chi connectivity index (χ0v) is 18.7. The van der Waals surface area contributed by atoms with Crippen LogP contribution in [0.3, 0.4) is 0 Å². The lowest BCUT2D eigenvalue weighted by molar-refractivity contribution is -0.130. The van der Waals surface area contributed by atoms with Crippen LogP contribution in [0.25, 0.3) is 17.3 Å². The van der Waals surface area contributed by atoms with Crippen LogP contribution >= 0.6 is 11.6 Å². The molecule has 1 amide bonds. The molecule has 0 N–H and O–H groups in total. The Morgan fingerprint density at radius 2 is 1.83 bits per heavy atom. The third kappa shape index (κ3) is 4.31. The van der Waals surface area contributed by atoms with Crippen LogP contribution < -0.4 is 0 Å². The molecule has 4 rings (SSSR count). The largest absolute Gasteiger partial charge is 0.340 e. The van der Waals surface area contributed by atoms with Gasteiger partial charge in [0.15, 0.2) is 9.84 Å². The minimum atomic E-state index is -3.21. The highest BCUT2D eigenvalue weighted by Gasteiger charge is 2.29. The highest BCUT2D eigenvalue weighted by molar-refractivity contribution is 7.91. The number of piperazine rings is 1. The van der Waals surface area contributed by atoms with E-state index in [1.807, 2.05) is 33.7 Å². The molecule has 2 aromatic rings. The zero-order valence-electron chi connectivity index (χ0n) is 17.1. The molecule has 0 saturated carbocycles. The Labute approximate surface area is 181 Å². The van der Waals surface area contributed by atoms with E-state index < -0.39 is 15.1 Å². The number of carbonyl (C=O) groups is 1. The number of hydrogen-bond donors (Lipinski definition) is 0. The van der Waals surface area contributed by atoms with E-state index in [9.17, 15) is 13.2 Å². The molecule has 2 aliphatic heterocycles. The van der Waals surface area contributed by atoms with Gasteiger partial charge in [-0.05, 0) is 18.2 Å². The molecule has 1 aromatic heterocycles. The number of imidazole rings is 1. The van der Waals surface area contributed by atoms with Crippen molar-refractivity contribution in [3.8, 4) is 11.3 Å². The molecule has 0 aliphatic carbocycles. The summed E-state index contributed by atoms with van der Waals surface area (Å²) in [4.78, 5) is 20.6. The van der Waals surface area contributed by atoms with E-state index >= 15 is 0 Å². The van der Waals surface area contributed by atoms with E-state index in [1.54, 1.807) is 19.1 Å². The maximum absolute atomic E-state index is 12.2. The molecule has 1 atom stereocenters. The van der Waals surface area contributed by atoms with Crippen molar-refractivity contribution in [1.82, 2.24) is 19.4 Å². The quantitative estimate of drug-likeness (QED) is 0.717. The molecule has 0 bridgehead atoms. The number of rotatable bonds is 4. The number of halogens is 1. The summed E-state index contributed by atoms with van der Waals surface area (Å²) in [6.07, 6.45) is 4.79. The maximum atomic E-state index is 12.2. The van der Waals surface area contributed by atoms with Crippen LogP contribution in [0.2, 0.25) is 5.02 Å². The number of fused-ring (bicyclic) bond motifs is 1. The van der Waals surface area contributed by atoms with Crippen molar-refractivity contribution in [2.45, 2.75) is 25.3 Å². The number of hydrogen-bond acceptors (Lipinski definition) is 5. The van der Waals surface area contributed by atoms with E-state index in [1.165, 1.54) is 6.26 Å². The first-order valence-electron chi connectivity index (χ1n) is 9.92. The molecule has 160 valence electrons. The van der Waals surface area contributed by atoms with Gasteiger partial charge in [0.25, 0.3) is 0 Å². The maximum Gasteiger partial charge on any atom is 0.219 e. The first-order valence-corrected chi connectivity index (χ1v) is 12.3. The van der Waals surface area contributed by atoms with Gasteiger partial charge in [-0.15, -0.1) is 0 Å². The third-order valence-electron chi connectivity index (χ3n) is 5.78. The van der Waals surface area contributed by atoms with Crippen LogP contribution in [0.1, 0.15) is 18.4 Å². The fourth-order valence-corrected chi connectivity index (χ4v) is 4.89. The number of aromatic nitrogens is 2. The summed E-state index contributed by atoms with van der Waals surface area (Å²) < 4.78 is 26.3. The van der Waals surface area contributed by atoms with Crippen LogP contribution in [0.4, 0.5) is 0 Å². The molecular formula is C21H25ClN4O3S. The molecule has 1 fully saturated rings. The first-order chi connectivity index (χ1) is 14.2. The van der Waals surface area contributed by atoms with E-state index in [0.29, 0.717) is 31.2 Å². The predicted molar refractivity (Wildman–Crippen MR) is 118 cm³/mol. The number of sulfone groups is 1. The number of carbonyl (C=O) groups excluding carboxylic acids is 1. The predicted octanol–water partition coefficient (Wildman–Crippen LogP) is 2.31. The van der Waals surface area contributed by atoms with Crippen molar-refractivity contribution in [3.05, 3.63) is 46.9 Å². The minimum absolute atomic E-state index is 0.0966. The van der Waals surface area contributed by atoms with Crippen LogP contribution in [0.15, 0.2) is 30.3 Å². The Balaban J connectivity index is 1.68. The molecular weight excluding hydrogens is 424 g/mol. The summed E-state index contributed by atoms with van der Waals surface area (Å²) in [5.41, 5.74) is 2.78. The molecule has 1 saturated heterocycles. The van der Waals surface area contributed by atoms with Crippen molar-refractivity contribution in [3.63, 3.8) is 0 Å². The lowest BCUT2D eigenvalue weighted by atomic mass is 10.1. The van der Waals surface area contributed by atoms with Crippen molar-refractivity contribution < 1.29 is 13.2 Å². The van der Waals surface area contributed by atoms with E-state index in [-0.39, 0.29) is 5.91 Å². The molecule has 0 radical (unpaired) electrons. The van der Waals surface area contributed by atoms with Gasteiger partial charge < -0.3 is 9.47 Å². The summed E-state index contributed by atoms with van der Waals surface area (Å²) in [6.45, 7) is 5.52. The molecule has 9 heteroatoms. The van der Waals surface area contributed by atoms with Gasteiger partial charge in [0.05, 0.1) is 16.6 Å². The van der Waals surface area contributed by atoms with Gasteiger partial charge in [-0.25, -0.2) is 13.4 Å². The standard InChI is InChI=1S/C21H25ClN4O3S/c1-15(27)25-11-9-24(10-12-25)14-19-21(16-3-5-17(22)6-4-16)23-20-8-7-18(13-26(19)20)30(2,28)29/h3-8,18H,9-14H2,1-2H3. The normalized spacial score (nSPS) is 19.7. The molecule has 1 unspecified atom stereocenters. The highest BCUT2D eigenvalue weighted by Crippen LogP contribution is 2.30. The average Bonchev–Trinajstić information content (AvgIpc) is 3.06. The van der Waals surface area contributed by atoms with E-state index in [4.69, 9.17) is 16.6 Å². The van der Waals surface area contributed by atoms with Crippen LogP contribution in [-0.2, 0) is 27.7 Å². The zero-order chi connectivity index (χ0) is 21.5. The van der Waals surface area contributed by atoms with Gasteiger partial charge in [-0.3, -0.25) is 9.69 Å². The molecule has 30 heavy (non-hydrogen) atoms. The lowest BCUT2D eigenvalue weighted by Crippen LogP contribution is -2.47. The molecule has 1 aromatic carbocycles. The summed E-state index contributed by atoms with van der Waals surface area (Å²) in [5, 5.41) is 0.0900. The lowest BCUT2D eigenvalue weighted by Gasteiger charge is -2.34. The van der Waals surface area contributed by atoms with Gasteiger partial charge in [0, 0.05) is 63.0 Å². The third-order valence-corrected chi connectivity index (χ3v) is 7.44. The summed E-state index contributed by atoms with van der Waals surface area (Å²) in [7, 11) is -3.21. The second-order valence-corrected chi connectivity index (χ2v) is 10.6. The summed E-state index contributed by atoms with van der Waals surface area (Å²) in [5.74, 6) is 0.858. The molecule has 3 heterocycles. The van der Waals surface area contributed by atoms with Crippen molar-refractivity contribution >= 4 is 33.4 Å². The monoisotopic (exact) mass is 448 g/mol. The number of nitrogens with zero attached hydrogens (tertiary/aromatic N) is 4. The van der Waals surface area contributed by atoms with Crippen LogP contribution in [0.5, 0.6) is 0 Å². The van der Waals surface area contributed by atoms with Gasteiger partial charge >= 0.3 is 0 Å². The van der Waals surface area contributed by atoms with Gasteiger partial charge in [0.1, 0.15) is 5.82 Å². The number of amides is 1. The SMILES string of the molecule is CC(=O)N1CCN(Cc2c(-c3ccc(Cl)cc3)nc3n2CC(S(C)(=O)=O)C=C3)CC1.